The van der Waals surface area contributed by atoms with Crippen molar-refractivity contribution >= 4 is 0 Å². The number of nitrogens with two attached hydrogens (primary N) is 1. The lowest BCUT2D eigenvalue weighted by atomic mass is 9.76. The molecule has 0 amide bonds. The first kappa shape index (κ1) is 16.2. The van der Waals surface area contributed by atoms with Gasteiger partial charge in [-0.05, 0) is 60.4 Å². The first-order chi connectivity index (χ1) is 9.26. The summed E-state index contributed by atoms with van der Waals surface area (Å²) in [4.78, 5) is 2.55. The SMILES string of the molecule is CCOC1CCCN(C2(CN)CC(C)(C)OC2(C)C)C1. The molecule has 2 fully saturated rings. The van der Waals surface area contributed by atoms with Crippen molar-refractivity contribution in [1.82, 2.24) is 4.90 Å². The predicted molar refractivity (Wildman–Crippen MR) is 81.9 cm³/mol. The van der Waals surface area contributed by atoms with E-state index in [2.05, 4.69) is 39.5 Å². The zero-order chi connectivity index (χ0) is 15.0. The van der Waals surface area contributed by atoms with Crippen LogP contribution in [0.5, 0.6) is 0 Å². The van der Waals surface area contributed by atoms with Crippen LogP contribution in [-0.4, -0.2) is 54.0 Å². The fraction of sp³-hybridized carbons (Fsp3) is 1.00. The summed E-state index contributed by atoms with van der Waals surface area (Å²) in [5.74, 6) is 0. The fourth-order valence-electron chi connectivity index (χ4n) is 4.38. The second kappa shape index (κ2) is 5.56. The van der Waals surface area contributed by atoms with Gasteiger partial charge in [0.25, 0.3) is 0 Å². The van der Waals surface area contributed by atoms with E-state index in [0.717, 1.165) is 32.5 Å². The molecule has 0 aromatic heterocycles. The zero-order valence-corrected chi connectivity index (χ0v) is 13.9. The summed E-state index contributed by atoms with van der Waals surface area (Å²) in [5.41, 5.74) is 5.84. The molecule has 2 unspecified atom stereocenters. The van der Waals surface area contributed by atoms with Crippen molar-refractivity contribution in [1.29, 1.82) is 0 Å². The summed E-state index contributed by atoms with van der Waals surface area (Å²) in [6, 6.07) is 0. The first-order valence-corrected chi connectivity index (χ1v) is 8.03. The van der Waals surface area contributed by atoms with Crippen LogP contribution in [0.15, 0.2) is 0 Å². The van der Waals surface area contributed by atoms with E-state index in [9.17, 15) is 0 Å². The topological polar surface area (TPSA) is 47.7 Å². The molecule has 2 aliphatic rings. The van der Waals surface area contributed by atoms with E-state index in [1.165, 1.54) is 6.42 Å². The summed E-state index contributed by atoms with van der Waals surface area (Å²) in [5, 5.41) is 0. The molecular formula is C16H32N2O2. The molecule has 118 valence electrons. The van der Waals surface area contributed by atoms with Crippen molar-refractivity contribution in [3.8, 4) is 0 Å². The number of likely N-dealkylation sites (tertiary alicyclic amines) is 1. The van der Waals surface area contributed by atoms with Crippen LogP contribution in [0.4, 0.5) is 0 Å². The molecule has 0 aliphatic carbocycles. The smallest absolute Gasteiger partial charge is 0.0830 e. The molecular weight excluding hydrogens is 252 g/mol. The van der Waals surface area contributed by atoms with E-state index in [1.54, 1.807) is 0 Å². The van der Waals surface area contributed by atoms with Crippen LogP contribution < -0.4 is 5.73 Å². The highest BCUT2D eigenvalue weighted by Crippen LogP contribution is 2.48. The Morgan fingerprint density at radius 1 is 1.30 bits per heavy atom. The Kier molecular flexibility index (Phi) is 4.51. The van der Waals surface area contributed by atoms with Gasteiger partial charge in [-0.25, -0.2) is 0 Å². The third-order valence-electron chi connectivity index (χ3n) is 5.09. The monoisotopic (exact) mass is 284 g/mol. The van der Waals surface area contributed by atoms with Crippen LogP contribution >= 0.6 is 0 Å². The van der Waals surface area contributed by atoms with Crippen molar-refractivity contribution in [2.75, 3.05) is 26.2 Å². The minimum atomic E-state index is -0.223. The molecule has 4 nitrogen and oxygen atoms in total. The van der Waals surface area contributed by atoms with E-state index >= 15 is 0 Å². The average molecular weight is 284 g/mol. The first-order valence-electron chi connectivity index (χ1n) is 8.03. The standard InChI is InChI=1S/C16H32N2O2/c1-6-19-13-8-7-9-18(10-13)16(12-17)11-14(2,3)20-15(16,4)5/h13H,6-12,17H2,1-5H3. The van der Waals surface area contributed by atoms with E-state index in [-0.39, 0.29) is 16.7 Å². The van der Waals surface area contributed by atoms with Gasteiger partial charge in [-0.15, -0.1) is 0 Å². The second-order valence-electron chi connectivity index (χ2n) is 7.45. The van der Waals surface area contributed by atoms with E-state index in [4.69, 9.17) is 15.2 Å². The molecule has 0 aromatic rings. The normalized spacial score (nSPS) is 37.2. The Labute approximate surface area is 124 Å². The van der Waals surface area contributed by atoms with Gasteiger partial charge in [-0.2, -0.15) is 0 Å². The fourth-order valence-corrected chi connectivity index (χ4v) is 4.38. The number of rotatable bonds is 4. The van der Waals surface area contributed by atoms with Crippen LogP contribution in [0.1, 0.15) is 53.9 Å². The average Bonchev–Trinajstić information content (AvgIpc) is 2.55. The Balaban J connectivity index is 2.22. The zero-order valence-electron chi connectivity index (χ0n) is 13.9. The van der Waals surface area contributed by atoms with E-state index < -0.39 is 0 Å². The van der Waals surface area contributed by atoms with Crippen molar-refractivity contribution in [3.05, 3.63) is 0 Å². The van der Waals surface area contributed by atoms with Gasteiger partial charge in [0.15, 0.2) is 0 Å². The summed E-state index contributed by atoms with van der Waals surface area (Å²) < 4.78 is 12.2. The minimum absolute atomic E-state index is 0.0771. The molecule has 0 aromatic carbocycles. The molecule has 20 heavy (non-hydrogen) atoms. The highest BCUT2D eigenvalue weighted by molar-refractivity contribution is 5.13. The van der Waals surface area contributed by atoms with Crippen molar-refractivity contribution in [2.45, 2.75) is 76.7 Å². The number of hydrogen-bond donors (Lipinski definition) is 1. The van der Waals surface area contributed by atoms with Crippen LogP contribution in [-0.2, 0) is 9.47 Å². The molecule has 2 atom stereocenters. The maximum Gasteiger partial charge on any atom is 0.0830 e. The van der Waals surface area contributed by atoms with Crippen molar-refractivity contribution in [2.24, 2.45) is 5.73 Å². The summed E-state index contributed by atoms with van der Waals surface area (Å²) in [6.45, 7) is 14.3. The number of nitrogens with zero attached hydrogens (tertiary/aromatic N) is 1. The van der Waals surface area contributed by atoms with Gasteiger partial charge in [0, 0.05) is 19.7 Å². The van der Waals surface area contributed by atoms with E-state index in [0.29, 0.717) is 12.6 Å². The maximum atomic E-state index is 6.33. The van der Waals surface area contributed by atoms with Crippen molar-refractivity contribution < 1.29 is 9.47 Å². The summed E-state index contributed by atoms with van der Waals surface area (Å²) in [7, 11) is 0. The van der Waals surface area contributed by atoms with Crippen LogP contribution in [0.3, 0.4) is 0 Å². The molecule has 2 aliphatic heterocycles. The summed E-state index contributed by atoms with van der Waals surface area (Å²) in [6.07, 6.45) is 3.68. The Morgan fingerprint density at radius 2 is 2.00 bits per heavy atom. The third kappa shape index (κ3) is 2.76. The highest BCUT2D eigenvalue weighted by Gasteiger charge is 2.59. The molecule has 0 saturated carbocycles. The molecule has 0 bridgehead atoms. The second-order valence-corrected chi connectivity index (χ2v) is 7.45. The number of hydrogen-bond acceptors (Lipinski definition) is 4. The maximum absolute atomic E-state index is 6.33. The molecule has 0 spiro atoms. The van der Waals surface area contributed by atoms with Gasteiger partial charge in [-0.1, -0.05) is 0 Å². The Morgan fingerprint density at radius 3 is 2.50 bits per heavy atom. The van der Waals surface area contributed by atoms with Gasteiger partial charge in [-0.3, -0.25) is 4.90 Å². The van der Waals surface area contributed by atoms with Crippen molar-refractivity contribution in [3.63, 3.8) is 0 Å². The predicted octanol–water partition coefficient (Wildman–Crippen LogP) is 2.16. The van der Waals surface area contributed by atoms with Gasteiger partial charge >= 0.3 is 0 Å². The van der Waals surface area contributed by atoms with Crippen LogP contribution in [0.25, 0.3) is 0 Å². The molecule has 2 saturated heterocycles. The quantitative estimate of drug-likeness (QED) is 0.859. The molecule has 4 heteroatoms. The van der Waals surface area contributed by atoms with E-state index in [1.807, 2.05) is 0 Å². The third-order valence-corrected chi connectivity index (χ3v) is 5.09. The lowest BCUT2D eigenvalue weighted by Crippen LogP contribution is -2.66. The van der Waals surface area contributed by atoms with Gasteiger partial charge in [0.2, 0.25) is 0 Å². The van der Waals surface area contributed by atoms with Crippen LogP contribution in [0.2, 0.25) is 0 Å². The molecule has 2 heterocycles. The largest absolute Gasteiger partial charge is 0.377 e. The van der Waals surface area contributed by atoms with Gasteiger partial charge in [0.1, 0.15) is 0 Å². The highest BCUT2D eigenvalue weighted by atomic mass is 16.5. The minimum Gasteiger partial charge on any atom is -0.377 e. The summed E-state index contributed by atoms with van der Waals surface area (Å²) >= 11 is 0. The Hall–Kier alpha value is -0.160. The molecule has 0 radical (unpaired) electrons. The molecule has 2 N–H and O–H groups in total. The number of piperidine rings is 1. The number of ether oxygens (including phenoxy) is 2. The lowest BCUT2D eigenvalue weighted by molar-refractivity contribution is -0.117. The van der Waals surface area contributed by atoms with Crippen LogP contribution in [0, 0.1) is 0 Å². The lowest BCUT2D eigenvalue weighted by Gasteiger charge is -2.50. The van der Waals surface area contributed by atoms with Gasteiger partial charge in [0.05, 0.1) is 22.8 Å². The molecule has 2 rings (SSSR count). The Bertz CT molecular complexity index is 341. The van der Waals surface area contributed by atoms with Gasteiger partial charge < -0.3 is 15.2 Å².